The van der Waals surface area contributed by atoms with Crippen LogP contribution in [-0.2, 0) is 0 Å². The molecule has 0 radical (unpaired) electrons. The van der Waals surface area contributed by atoms with E-state index in [0.717, 1.165) is 0 Å². The van der Waals surface area contributed by atoms with Crippen LogP contribution in [0.4, 0.5) is 0 Å². The Morgan fingerprint density at radius 3 is 2.73 bits per heavy atom. The van der Waals surface area contributed by atoms with Crippen molar-refractivity contribution in [3.05, 3.63) is 76.0 Å². The molecule has 0 spiro atoms. The van der Waals surface area contributed by atoms with Gasteiger partial charge in [0.25, 0.3) is 5.91 Å². The van der Waals surface area contributed by atoms with Crippen LogP contribution in [0.25, 0.3) is 11.3 Å². The molecular formula is C19H14Cl2N2O3. The van der Waals surface area contributed by atoms with Crippen LogP contribution in [0.15, 0.2) is 64.1 Å². The van der Waals surface area contributed by atoms with E-state index >= 15 is 0 Å². The second kappa shape index (κ2) is 8.08. The quantitative estimate of drug-likeness (QED) is 0.492. The molecule has 0 atom stereocenters. The van der Waals surface area contributed by atoms with E-state index in [1.54, 1.807) is 54.6 Å². The van der Waals surface area contributed by atoms with Gasteiger partial charge in [-0.05, 0) is 42.5 Å². The molecule has 0 saturated heterocycles. The number of halogens is 2. The lowest BCUT2D eigenvalue weighted by molar-refractivity contribution is 0.0952. The summed E-state index contributed by atoms with van der Waals surface area (Å²) >= 11 is 12.1. The third kappa shape index (κ3) is 4.07. The molecule has 26 heavy (non-hydrogen) atoms. The molecule has 0 bridgehead atoms. The molecule has 2 aromatic carbocycles. The van der Waals surface area contributed by atoms with Crippen LogP contribution < -0.4 is 10.2 Å². The van der Waals surface area contributed by atoms with Crippen LogP contribution >= 0.6 is 23.2 Å². The van der Waals surface area contributed by atoms with Crippen molar-refractivity contribution in [2.75, 3.05) is 7.11 Å². The third-order valence-corrected chi connectivity index (χ3v) is 4.08. The minimum atomic E-state index is -0.383. The topological polar surface area (TPSA) is 63.8 Å². The van der Waals surface area contributed by atoms with Gasteiger partial charge in [0.05, 0.1) is 23.9 Å². The van der Waals surface area contributed by atoms with Gasteiger partial charge in [-0.1, -0.05) is 35.3 Å². The number of benzene rings is 2. The summed E-state index contributed by atoms with van der Waals surface area (Å²) < 4.78 is 10.8. The summed E-state index contributed by atoms with van der Waals surface area (Å²) in [6, 6.07) is 15.5. The predicted octanol–water partition coefficient (Wildman–Crippen LogP) is 5.03. The Balaban J connectivity index is 1.70. The first-order chi connectivity index (χ1) is 12.6. The van der Waals surface area contributed by atoms with Crippen LogP contribution in [0.2, 0.25) is 10.0 Å². The van der Waals surface area contributed by atoms with Crippen LogP contribution in [-0.4, -0.2) is 19.2 Å². The first-order valence-corrected chi connectivity index (χ1v) is 8.36. The molecule has 132 valence electrons. The second-order valence-corrected chi connectivity index (χ2v) is 6.07. The van der Waals surface area contributed by atoms with E-state index in [2.05, 4.69) is 10.5 Å². The number of rotatable bonds is 5. The number of hydrazone groups is 1. The zero-order chi connectivity index (χ0) is 18.5. The third-order valence-electron chi connectivity index (χ3n) is 3.53. The van der Waals surface area contributed by atoms with Gasteiger partial charge in [-0.15, -0.1) is 0 Å². The highest BCUT2D eigenvalue weighted by atomic mass is 35.5. The number of furan rings is 1. The summed E-state index contributed by atoms with van der Waals surface area (Å²) in [6.45, 7) is 0. The summed E-state index contributed by atoms with van der Waals surface area (Å²) in [6.07, 6.45) is 1.40. The molecule has 1 N–H and O–H groups in total. The number of amides is 1. The zero-order valence-corrected chi connectivity index (χ0v) is 15.2. The van der Waals surface area contributed by atoms with Gasteiger partial charge in [0, 0.05) is 10.6 Å². The average Bonchev–Trinajstić information content (AvgIpc) is 3.10. The number of ether oxygens (including phenoxy) is 1. The van der Waals surface area contributed by atoms with Gasteiger partial charge >= 0.3 is 0 Å². The zero-order valence-electron chi connectivity index (χ0n) is 13.7. The molecule has 0 unspecified atom stereocenters. The fraction of sp³-hybridized carbons (Fsp3) is 0.0526. The minimum Gasteiger partial charge on any atom is -0.496 e. The summed E-state index contributed by atoms with van der Waals surface area (Å²) in [7, 11) is 1.50. The fourth-order valence-electron chi connectivity index (χ4n) is 2.30. The van der Waals surface area contributed by atoms with Crippen LogP contribution in [0, 0.1) is 0 Å². The highest BCUT2D eigenvalue weighted by Gasteiger charge is 2.11. The molecule has 0 aliphatic rings. The van der Waals surface area contributed by atoms with Gasteiger partial charge in [-0.3, -0.25) is 4.79 Å². The van der Waals surface area contributed by atoms with Gasteiger partial charge in [-0.2, -0.15) is 5.10 Å². The molecule has 0 fully saturated rings. The van der Waals surface area contributed by atoms with Crippen molar-refractivity contribution >= 4 is 35.3 Å². The Bertz CT molecular complexity index is 967. The molecular weight excluding hydrogens is 375 g/mol. The predicted molar refractivity (Wildman–Crippen MR) is 102 cm³/mol. The number of hydrogen-bond acceptors (Lipinski definition) is 4. The van der Waals surface area contributed by atoms with E-state index in [9.17, 15) is 4.79 Å². The fourth-order valence-corrected chi connectivity index (χ4v) is 2.80. The molecule has 5 nitrogen and oxygen atoms in total. The van der Waals surface area contributed by atoms with E-state index in [4.69, 9.17) is 32.4 Å². The lowest BCUT2D eigenvalue weighted by Gasteiger charge is -2.05. The number of nitrogens with one attached hydrogen (secondary N) is 1. The van der Waals surface area contributed by atoms with Gasteiger partial charge < -0.3 is 9.15 Å². The van der Waals surface area contributed by atoms with E-state index < -0.39 is 0 Å². The first kappa shape index (κ1) is 18.0. The first-order valence-electron chi connectivity index (χ1n) is 7.60. The molecule has 1 heterocycles. The Labute approximate surface area is 160 Å². The van der Waals surface area contributed by atoms with E-state index in [1.165, 1.54) is 13.3 Å². The van der Waals surface area contributed by atoms with Crippen LogP contribution in [0.3, 0.4) is 0 Å². The Morgan fingerprint density at radius 2 is 1.96 bits per heavy atom. The Morgan fingerprint density at radius 1 is 1.15 bits per heavy atom. The molecule has 3 rings (SSSR count). The lowest BCUT2D eigenvalue weighted by Crippen LogP contribution is -2.18. The standard InChI is InChI=1S/C19H14Cl2N2O3/c1-25-17-5-3-2-4-15(17)19(24)23-22-11-13-7-9-18(26-13)14-8-6-12(20)10-16(14)21/h2-11H,1H3,(H,23,24)/b22-11-. The lowest BCUT2D eigenvalue weighted by atomic mass is 10.2. The molecule has 1 aromatic heterocycles. The maximum atomic E-state index is 12.2. The number of carbonyl (C=O) groups is 1. The average molecular weight is 389 g/mol. The summed E-state index contributed by atoms with van der Waals surface area (Å²) in [4.78, 5) is 12.2. The van der Waals surface area contributed by atoms with Crippen molar-refractivity contribution in [1.29, 1.82) is 0 Å². The van der Waals surface area contributed by atoms with Gasteiger partial charge in [0.2, 0.25) is 0 Å². The summed E-state index contributed by atoms with van der Waals surface area (Å²) in [5.41, 5.74) is 3.54. The minimum absolute atomic E-state index is 0.383. The van der Waals surface area contributed by atoms with E-state index in [-0.39, 0.29) is 5.91 Å². The number of carbonyl (C=O) groups excluding carboxylic acids is 1. The van der Waals surface area contributed by atoms with Crippen LogP contribution in [0.1, 0.15) is 16.1 Å². The smallest absolute Gasteiger partial charge is 0.275 e. The number of methoxy groups -OCH3 is 1. The molecule has 0 saturated carbocycles. The monoisotopic (exact) mass is 388 g/mol. The highest BCUT2D eigenvalue weighted by Crippen LogP contribution is 2.31. The number of hydrogen-bond donors (Lipinski definition) is 1. The van der Waals surface area contributed by atoms with Crippen LogP contribution in [0.5, 0.6) is 5.75 Å². The largest absolute Gasteiger partial charge is 0.496 e. The van der Waals surface area contributed by atoms with E-state index in [1.807, 2.05) is 0 Å². The van der Waals surface area contributed by atoms with Crippen molar-refractivity contribution in [3.63, 3.8) is 0 Å². The normalized spacial score (nSPS) is 10.9. The second-order valence-electron chi connectivity index (χ2n) is 5.23. The SMILES string of the molecule is COc1ccccc1C(=O)N/N=C\c1ccc(-c2ccc(Cl)cc2Cl)o1. The Hall–Kier alpha value is -2.76. The van der Waals surface area contributed by atoms with Gasteiger partial charge in [0.1, 0.15) is 17.3 Å². The Kier molecular flexibility index (Phi) is 5.61. The molecule has 0 aliphatic carbocycles. The van der Waals surface area contributed by atoms with Gasteiger partial charge in [0.15, 0.2) is 0 Å². The van der Waals surface area contributed by atoms with E-state index in [0.29, 0.717) is 38.4 Å². The highest BCUT2D eigenvalue weighted by molar-refractivity contribution is 6.36. The van der Waals surface area contributed by atoms with Crippen molar-refractivity contribution < 1.29 is 13.9 Å². The number of para-hydroxylation sites is 1. The molecule has 1 amide bonds. The van der Waals surface area contributed by atoms with Gasteiger partial charge in [-0.25, -0.2) is 5.43 Å². The maximum Gasteiger partial charge on any atom is 0.275 e. The van der Waals surface area contributed by atoms with Crippen molar-refractivity contribution in [1.82, 2.24) is 5.43 Å². The number of nitrogens with zero attached hydrogens (tertiary/aromatic N) is 1. The summed E-state index contributed by atoms with van der Waals surface area (Å²) in [5, 5.41) is 4.94. The van der Waals surface area contributed by atoms with Crippen molar-refractivity contribution in [2.45, 2.75) is 0 Å². The van der Waals surface area contributed by atoms with Crippen molar-refractivity contribution in [3.8, 4) is 17.1 Å². The maximum absolute atomic E-state index is 12.2. The summed E-state index contributed by atoms with van der Waals surface area (Å²) in [5.74, 6) is 1.12. The molecule has 3 aromatic rings. The van der Waals surface area contributed by atoms with Crippen molar-refractivity contribution in [2.24, 2.45) is 5.10 Å². The molecule has 7 heteroatoms. The molecule has 0 aliphatic heterocycles.